The van der Waals surface area contributed by atoms with E-state index in [0.717, 1.165) is 0 Å². The van der Waals surface area contributed by atoms with Gasteiger partial charge in [0.1, 0.15) is 11.4 Å². The SMILES string of the molecule is COc1ccc(C2=C(N3CCN(c4ncccn4)CC3)C(=O)N(CCOC(C)C)C2=O)cc1. The molecule has 0 spiro atoms. The molecule has 4 rings (SSSR count). The molecule has 1 aromatic carbocycles. The first-order valence-corrected chi connectivity index (χ1v) is 11.1. The summed E-state index contributed by atoms with van der Waals surface area (Å²) in [5, 5.41) is 0. The Bertz CT molecular complexity index is 1010. The van der Waals surface area contributed by atoms with Crippen LogP contribution in [0.5, 0.6) is 5.75 Å². The van der Waals surface area contributed by atoms with Crippen molar-refractivity contribution in [3.8, 4) is 5.75 Å². The third-order valence-corrected chi connectivity index (χ3v) is 5.72. The van der Waals surface area contributed by atoms with Crippen molar-refractivity contribution in [2.45, 2.75) is 20.0 Å². The maximum atomic E-state index is 13.4. The van der Waals surface area contributed by atoms with Crippen molar-refractivity contribution in [2.75, 3.05) is 51.3 Å². The summed E-state index contributed by atoms with van der Waals surface area (Å²) in [7, 11) is 1.59. The summed E-state index contributed by atoms with van der Waals surface area (Å²) >= 11 is 0. The van der Waals surface area contributed by atoms with Crippen LogP contribution in [0.25, 0.3) is 5.57 Å². The Labute approximate surface area is 193 Å². The van der Waals surface area contributed by atoms with Crippen LogP contribution in [0.1, 0.15) is 19.4 Å². The third-order valence-electron chi connectivity index (χ3n) is 5.72. The fourth-order valence-electron chi connectivity index (χ4n) is 4.04. The van der Waals surface area contributed by atoms with Crippen LogP contribution in [-0.2, 0) is 14.3 Å². The van der Waals surface area contributed by atoms with E-state index in [0.29, 0.717) is 61.3 Å². The molecule has 0 bridgehead atoms. The highest BCUT2D eigenvalue weighted by Gasteiger charge is 2.42. The normalized spacial score (nSPS) is 16.9. The number of carbonyl (C=O) groups excluding carboxylic acids is 2. The predicted octanol–water partition coefficient (Wildman–Crippen LogP) is 1.81. The lowest BCUT2D eigenvalue weighted by molar-refractivity contribution is -0.138. The van der Waals surface area contributed by atoms with Gasteiger partial charge in [-0.05, 0) is 37.6 Å². The van der Waals surface area contributed by atoms with Crippen LogP contribution >= 0.6 is 0 Å². The molecule has 1 fully saturated rings. The first-order valence-electron chi connectivity index (χ1n) is 11.1. The van der Waals surface area contributed by atoms with E-state index in [1.54, 1.807) is 37.7 Å². The van der Waals surface area contributed by atoms with Gasteiger partial charge in [0.2, 0.25) is 5.95 Å². The number of anilines is 1. The summed E-state index contributed by atoms with van der Waals surface area (Å²) in [5.74, 6) is 0.795. The van der Waals surface area contributed by atoms with Crippen molar-refractivity contribution in [2.24, 2.45) is 0 Å². The van der Waals surface area contributed by atoms with Gasteiger partial charge in [0.15, 0.2) is 0 Å². The number of benzene rings is 1. The first-order chi connectivity index (χ1) is 16.0. The topological polar surface area (TPSA) is 88.1 Å². The molecule has 3 heterocycles. The number of amides is 2. The van der Waals surface area contributed by atoms with E-state index in [4.69, 9.17) is 9.47 Å². The molecule has 174 valence electrons. The fourth-order valence-corrected chi connectivity index (χ4v) is 4.04. The van der Waals surface area contributed by atoms with Gasteiger partial charge in [0.05, 0.1) is 31.9 Å². The molecule has 0 saturated carbocycles. The lowest BCUT2D eigenvalue weighted by Crippen LogP contribution is -2.48. The molecule has 2 aliphatic rings. The monoisotopic (exact) mass is 451 g/mol. The highest BCUT2D eigenvalue weighted by molar-refractivity contribution is 6.35. The Morgan fingerprint density at radius 3 is 2.18 bits per heavy atom. The van der Waals surface area contributed by atoms with Crippen LogP contribution in [0, 0.1) is 0 Å². The molecule has 0 unspecified atom stereocenters. The summed E-state index contributed by atoms with van der Waals surface area (Å²) in [6.07, 6.45) is 3.46. The molecule has 2 aromatic rings. The number of nitrogens with zero attached hydrogens (tertiary/aromatic N) is 5. The quantitative estimate of drug-likeness (QED) is 0.562. The minimum atomic E-state index is -0.290. The van der Waals surface area contributed by atoms with Crippen molar-refractivity contribution in [3.63, 3.8) is 0 Å². The Morgan fingerprint density at radius 2 is 1.58 bits per heavy atom. The summed E-state index contributed by atoms with van der Waals surface area (Å²) in [5.41, 5.74) is 1.57. The molecule has 0 N–H and O–H groups in total. The highest BCUT2D eigenvalue weighted by Crippen LogP contribution is 2.33. The zero-order valence-corrected chi connectivity index (χ0v) is 19.2. The zero-order chi connectivity index (χ0) is 23.4. The van der Waals surface area contributed by atoms with E-state index in [2.05, 4.69) is 14.9 Å². The van der Waals surface area contributed by atoms with E-state index in [9.17, 15) is 9.59 Å². The second-order valence-corrected chi connectivity index (χ2v) is 8.16. The second-order valence-electron chi connectivity index (χ2n) is 8.16. The van der Waals surface area contributed by atoms with Gasteiger partial charge >= 0.3 is 0 Å². The van der Waals surface area contributed by atoms with E-state index < -0.39 is 0 Å². The summed E-state index contributed by atoms with van der Waals surface area (Å²) < 4.78 is 10.9. The Morgan fingerprint density at radius 1 is 0.939 bits per heavy atom. The first kappa shape index (κ1) is 22.7. The van der Waals surface area contributed by atoms with Crippen molar-refractivity contribution >= 4 is 23.3 Å². The number of ether oxygens (including phenoxy) is 2. The average molecular weight is 452 g/mol. The number of rotatable bonds is 8. The zero-order valence-electron chi connectivity index (χ0n) is 19.2. The molecule has 0 radical (unpaired) electrons. The summed E-state index contributed by atoms with van der Waals surface area (Å²) in [6, 6.07) is 9.02. The predicted molar refractivity (Wildman–Crippen MR) is 124 cm³/mol. The molecular weight excluding hydrogens is 422 g/mol. The van der Waals surface area contributed by atoms with Crippen LogP contribution < -0.4 is 9.64 Å². The third kappa shape index (κ3) is 4.83. The smallest absolute Gasteiger partial charge is 0.277 e. The Hall–Kier alpha value is -3.46. The van der Waals surface area contributed by atoms with E-state index in [1.165, 1.54) is 4.90 Å². The molecule has 0 atom stereocenters. The van der Waals surface area contributed by atoms with Crippen LogP contribution in [0.2, 0.25) is 0 Å². The van der Waals surface area contributed by atoms with Crippen molar-refractivity contribution in [1.29, 1.82) is 0 Å². The molecule has 33 heavy (non-hydrogen) atoms. The van der Waals surface area contributed by atoms with Gasteiger partial charge in [-0.2, -0.15) is 0 Å². The number of hydrogen-bond donors (Lipinski definition) is 0. The molecule has 2 amide bonds. The summed E-state index contributed by atoms with van der Waals surface area (Å²) in [6.45, 7) is 6.86. The number of hydrogen-bond acceptors (Lipinski definition) is 8. The van der Waals surface area contributed by atoms with Crippen LogP contribution in [-0.4, -0.2) is 84.1 Å². The van der Waals surface area contributed by atoms with Gasteiger partial charge in [-0.25, -0.2) is 9.97 Å². The molecule has 1 saturated heterocycles. The maximum Gasteiger partial charge on any atom is 0.277 e. The van der Waals surface area contributed by atoms with Gasteiger partial charge in [-0.15, -0.1) is 0 Å². The molecule has 0 aliphatic carbocycles. The largest absolute Gasteiger partial charge is 0.497 e. The number of imide groups is 1. The Balaban J connectivity index is 1.59. The van der Waals surface area contributed by atoms with Crippen molar-refractivity contribution in [1.82, 2.24) is 19.8 Å². The van der Waals surface area contributed by atoms with Gasteiger partial charge < -0.3 is 19.3 Å². The minimum absolute atomic E-state index is 0.0274. The summed E-state index contributed by atoms with van der Waals surface area (Å²) in [4.78, 5) is 40.8. The highest BCUT2D eigenvalue weighted by atomic mass is 16.5. The lowest BCUT2D eigenvalue weighted by atomic mass is 10.0. The molecule has 1 aromatic heterocycles. The van der Waals surface area contributed by atoms with E-state index in [1.807, 2.05) is 30.9 Å². The molecule has 2 aliphatic heterocycles. The number of piperazine rings is 1. The van der Waals surface area contributed by atoms with Crippen LogP contribution in [0.3, 0.4) is 0 Å². The maximum absolute atomic E-state index is 13.4. The van der Waals surface area contributed by atoms with Crippen molar-refractivity contribution < 1.29 is 19.1 Å². The number of aromatic nitrogens is 2. The Kier molecular flexibility index (Phi) is 6.88. The number of methoxy groups -OCH3 is 1. The standard InChI is InChI=1S/C24H29N5O4/c1-17(2)33-16-15-29-22(30)20(18-5-7-19(32-3)8-6-18)21(23(29)31)27-11-13-28(14-12-27)24-25-9-4-10-26-24/h4-10,17H,11-16H2,1-3H3. The van der Waals surface area contributed by atoms with Crippen LogP contribution in [0.4, 0.5) is 5.95 Å². The van der Waals surface area contributed by atoms with Crippen molar-refractivity contribution in [3.05, 3.63) is 54.0 Å². The molecule has 9 heteroatoms. The van der Waals surface area contributed by atoms with Gasteiger partial charge in [0, 0.05) is 38.6 Å². The second kappa shape index (κ2) is 9.99. The minimum Gasteiger partial charge on any atom is -0.497 e. The van der Waals surface area contributed by atoms with Gasteiger partial charge in [-0.1, -0.05) is 12.1 Å². The lowest BCUT2D eigenvalue weighted by Gasteiger charge is -2.36. The van der Waals surface area contributed by atoms with E-state index >= 15 is 0 Å². The number of carbonyl (C=O) groups is 2. The van der Waals surface area contributed by atoms with Crippen LogP contribution in [0.15, 0.2) is 48.4 Å². The van der Waals surface area contributed by atoms with E-state index in [-0.39, 0.29) is 24.5 Å². The fraction of sp³-hybridized carbons (Fsp3) is 0.417. The van der Waals surface area contributed by atoms with Gasteiger partial charge in [-0.3, -0.25) is 14.5 Å². The van der Waals surface area contributed by atoms with Gasteiger partial charge in [0.25, 0.3) is 11.8 Å². The average Bonchev–Trinajstić information content (AvgIpc) is 3.09. The molecular formula is C24H29N5O4. The molecule has 9 nitrogen and oxygen atoms in total.